The van der Waals surface area contributed by atoms with Gasteiger partial charge in [0.2, 0.25) is 11.8 Å². The standard InChI is InChI=1S/C20H24N2O2/c23-19(13-12-15-6-1-2-7-15)21-22-20(24)14-17-10-5-9-16-8-3-4-11-18(16)17/h3-5,8-11,15H,1-2,6-7,12-14H2,(H,21,23)(H,22,24). The number of carbonyl (C=O) groups excluding carboxylic acids is 2. The Morgan fingerprint density at radius 1 is 0.917 bits per heavy atom. The molecule has 24 heavy (non-hydrogen) atoms. The number of benzene rings is 2. The fraction of sp³-hybridized carbons (Fsp3) is 0.400. The summed E-state index contributed by atoms with van der Waals surface area (Å²) in [4.78, 5) is 23.9. The van der Waals surface area contributed by atoms with Crippen molar-refractivity contribution in [1.29, 1.82) is 0 Å². The van der Waals surface area contributed by atoms with Crippen LogP contribution >= 0.6 is 0 Å². The molecule has 126 valence electrons. The van der Waals surface area contributed by atoms with Gasteiger partial charge < -0.3 is 0 Å². The summed E-state index contributed by atoms with van der Waals surface area (Å²) in [5, 5.41) is 2.19. The minimum Gasteiger partial charge on any atom is -0.273 e. The number of amides is 2. The first-order valence-electron chi connectivity index (χ1n) is 8.77. The molecular weight excluding hydrogens is 300 g/mol. The van der Waals surface area contributed by atoms with Gasteiger partial charge in [-0.3, -0.25) is 20.4 Å². The van der Waals surface area contributed by atoms with E-state index in [1.165, 1.54) is 25.7 Å². The molecule has 4 heteroatoms. The molecule has 2 amide bonds. The molecule has 0 saturated heterocycles. The van der Waals surface area contributed by atoms with Crippen molar-refractivity contribution in [3.05, 3.63) is 48.0 Å². The number of nitrogens with one attached hydrogen (secondary N) is 2. The van der Waals surface area contributed by atoms with Crippen LogP contribution in [0.2, 0.25) is 0 Å². The van der Waals surface area contributed by atoms with Crippen LogP contribution in [0.1, 0.15) is 44.1 Å². The number of fused-ring (bicyclic) bond motifs is 1. The molecule has 4 nitrogen and oxygen atoms in total. The second-order valence-corrected chi connectivity index (χ2v) is 6.60. The molecule has 3 rings (SSSR count). The van der Waals surface area contributed by atoms with E-state index in [2.05, 4.69) is 10.9 Å². The molecule has 0 bridgehead atoms. The molecule has 0 atom stereocenters. The maximum absolute atomic E-state index is 12.1. The van der Waals surface area contributed by atoms with Crippen molar-refractivity contribution in [2.45, 2.75) is 44.9 Å². The Hall–Kier alpha value is -2.36. The van der Waals surface area contributed by atoms with Crippen LogP contribution in [-0.4, -0.2) is 11.8 Å². The number of hydrazine groups is 1. The first-order chi connectivity index (χ1) is 11.7. The highest BCUT2D eigenvalue weighted by Gasteiger charge is 2.16. The Morgan fingerprint density at radius 2 is 1.62 bits per heavy atom. The van der Waals surface area contributed by atoms with Crippen LogP contribution < -0.4 is 10.9 Å². The molecule has 0 heterocycles. The Balaban J connectivity index is 1.47. The van der Waals surface area contributed by atoms with E-state index in [-0.39, 0.29) is 18.2 Å². The molecule has 1 fully saturated rings. The van der Waals surface area contributed by atoms with Crippen LogP contribution in [0.5, 0.6) is 0 Å². The maximum Gasteiger partial charge on any atom is 0.242 e. The third-order valence-electron chi connectivity index (χ3n) is 4.83. The lowest BCUT2D eigenvalue weighted by atomic mass is 10.0. The van der Waals surface area contributed by atoms with E-state index in [0.29, 0.717) is 12.3 Å². The van der Waals surface area contributed by atoms with E-state index in [0.717, 1.165) is 22.8 Å². The van der Waals surface area contributed by atoms with Crippen LogP contribution in [-0.2, 0) is 16.0 Å². The molecule has 2 aromatic rings. The molecule has 0 spiro atoms. The van der Waals surface area contributed by atoms with Gasteiger partial charge in [0.05, 0.1) is 6.42 Å². The number of hydrogen-bond acceptors (Lipinski definition) is 2. The zero-order chi connectivity index (χ0) is 16.8. The fourth-order valence-electron chi connectivity index (χ4n) is 3.50. The average molecular weight is 324 g/mol. The van der Waals surface area contributed by atoms with Crippen molar-refractivity contribution >= 4 is 22.6 Å². The van der Waals surface area contributed by atoms with Gasteiger partial charge in [0, 0.05) is 6.42 Å². The van der Waals surface area contributed by atoms with Crippen molar-refractivity contribution in [1.82, 2.24) is 10.9 Å². The van der Waals surface area contributed by atoms with Gasteiger partial charge in [-0.15, -0.1) is 0 Å². The van der Waals surface area contributed by atoms with Crippen molar-refractivity contribution < 1.29 is 9.59 Å². The second kappa shape index (κ2) is 7.95. The summed E-state index contributed by atoms with van der Waals surface area (Å²) >= 11 is 0. The van der Waals surface area contributed by atoms with Crippen LogP contribution in [0.4, 0.5) is 0 Å². The SMILES string of the molecule is O=C(CCC1CCCC1)NNC(=O)Cc1cccc2ccccc12. The van der Waals surface area contributed by atoms with Gasteiger partial charge in [-0.05, 0) is 28.7 Å². The predicted octanol–water partition coefficient (Wildman–Crippen LogP) is 3.50. The lowest BCUT2D eigenvalue weighted by Crippen LogP contribution is -2.42. The normalized spacial score (nSPS) is 14.7. The topological polar surface area (TPSA) is 58.2 Å². The fourth-order valence-corrected chi connectivity index (χ4v) is 3.50. The summed E-state index contributed by atoms with van der Waals surface area (Å²) in [6, 6.07) is 13.9. The van der Waals surface area contributed by atoms with Gasteiger partial charge in [0.15, 0.2) is 0 Å². The molecule has 1 aliphatic carbocycles. The van der Waals surface area contributed by atoms with Gasteiger partial charge in [-0.1, -0.05) is 68.1 Å². The molecule has 2 aromatic carbocycles. The first-order valence-corrected chi connectivity index (χ1v) is 8.77. The van der Waals surface area contributed by atoms with Gasteiger partial charge in [0.1, 0.15) is 0 Å². The zero-order valence-electron chi connectivity index (χ0n) is 13.9. The molecule has 1 aliphatic rings. The van der Waals surface area contributed by atoms with Crippen molar-refractivity contribution in [3.8, 4) is 0 Å². The van der Waals surface area contributed by atoms with Crippen LogP contribution in [0.15, 0.2) is 42.5 Å². The molecule has 0 unspecified atom stereocenters. The van der Waals surface area contributed by atoms with E-state index in [1.54, 1.807) is 0 Å². The molecular formula is C20H24N2O2. The summed E-state index contributed by atoms with van der Waals surface area (Å²) in [6.07, 6.45) is 6.71. The van der Waals surface area contributed by atoms with Crippen molar-refractivity contribution in [2.75, 3.05) is 0 Å². The Kier molecular flexibility index (Phi) is 5.47. The van der Waals surface area contributed by atoms with Gasteiger partial charge in [0.25, 0.3) is 0 Å². The zero-order valence-corrected chi connectivity index (χ0v) is 13.9. The lowest BCUT2D eigenvalue weighted by molar-refractivity contribution is -0.128. The highest BCUT2D eigenvalue weighted by atomic mass is 16.2. The van der Waals surface area contributed by atoms with E-state index in [1.807, 2.05) is 42.5 Å². The Morgan fingerprint density at radius 3 is 2.46 bits per heavy atom. The summed E-state index contributed by atoms with van der Waals surface area (Å²) in [5.41, 5.74) is 6.03. The van der Waals surface area contributed by atoms with Gasteiger partial charge >= 0.3 is 0 Å². The number of hydrogen-bond donors (Lipinski definition) is 2. The Bertz CT molecular complexity index is 715. The lowest BCUT2D eigenvalue weighted by Gasteiger charge is -2.11. The van der Waals surface area contributed by atoms with E-state index in [4.69, 9.17) is 0 Å². The maximum atomic E-state index is 12.1. The van der Waals surface area contributed by atoms with E-state index < -0.39 is 0 Å². The van der Waals surface area contributed by atoms with Crippen LogP contribution in [0, 0.1) is 5.92 Å². The molecule has 0 aliphatic heterocycles. The Labute approximate surface area is 142 Å². The predicted molar refractivity (Wildman–Crippen MR) is 95.1 cm³/mol. The van der Waals surface area contributed by atoms with Gasteiger partial charge in [-0.25, -0.2) is 0 Å². The third kappa shape index (κ3) is 4.34. The highest BCUT2D eigenvalue weighted by Crippen LogP contribution is 2.28. The quantitative estimate of drug-likeness (QED) is 0.827. The second-order valence-electron chi connectivity index (χ2n) is 6.60. The largest absolute Gasteiger partial charge is 0.273 e. The first kappa shape index (κ1) is 16.5. The summed E-state index contributed by atoms with van der Waals surface area (Å²) in [5.74, 6) is 0.385. The molecule has 0 aromatic heterocycles. The summed E-state index contributed by atoms with van der Waals surface area (Å²) < 4.78 is 0. The average Bonchev–Trinajstić information content (AvgIpc) is 3.12. The molecule has 0 radical (unpaired) electrons. The number of rotatable bonds is 5. The van der Waals surface area contributed by atoms with Crippen molar-refractivity contribution in [3.63, 3.8) is 0 Å². The third-order valence-corrected chi connectivity index (χ3v) is 4.83. The van der Waals surface area contributed by atoms with Crippen LogP contribution in [0.25, 0.3) is 10.8 Å². The van der Waals surface area contributed by atoms with Gasteiger partial charge in [-0.2, -0.15) is 0 Å². The minimum absolute atomic E-state index is 0.104. The minimum atomic E-state index is -0.194. The number of carbonyl (C=O) groups is 2. The monoisotopic (exact) mass is 324 g/mol. The summed E-state index contributed by atoms with van der Waals surface area (Å²) in [6.45, 7) is 0. The molecule has 1 saturated carbocycles. The summed E-state index contributed by atoms with van der Waals surface area (Å²) in [7, 11) is 0. The van der Waals surface area contributed by atoms with Crippen LogP contribution in [0.3, 0.4) is 0 Å². The smallest absolute Gasteiger partial charge is 0.242 e. The molecule has 2 N–H and O–H groups in total. The highest BCUT2D eigenvalue weighted by molar-refractivity contribution is 5.90. The van der Waals surface area contributed by atoms with E-state index in [9.17, 15) is 9.59 Å². The van der Waals surface area contributed by atoms with Crippen molar-refractivity contribution in [2.24, 2.45) is 5.92 Å². The van der Waals surface area contributed by atoms with E-state index >= 15 is 0 Å².